The number of rotatable bonds is 5. The second-order valence-electron chi connectivity index (χ2n) is 10.2. The Morgan fingerprint density at radius 2 is 1.51 bits per heavy atom. The average molecular weight is 512 g/mol. The first-order valence-corrected chi connectivity index (χ1v) is 14.8. The van der Waals surface area contributed by atoms with Crippen LogP contribution in [0.3, 0.4) is 0 Å². The van der Waals surface area contributed by atoms with E-state index >= 15 is 0 Å². The van der Waals surface area contributed by atoms with Crippen molar-refractivity contribution in [2.75, 3.05) is 0 Å². The fourth-order valence-electron chi connectivity index (χ4n) is 5.66. The summed E-state index contributed by atoms with van der Waals surface area (Å²) in [5.41, 5.74) is 1.97. The molecule has 0 aromatic heterocycles. The molecule has 0 spiro atoms. The third-order valence-corrected chi connectivity index (χ3v) is 9.08. The van der Waals surface area contributed by atoms with Gasteiger partial charge in [-0.25, -0.2) is 0 Å². The molecule has 2 saturated carbocycles. The maximum absolute atomic E-state index is 13.4. The van der Waals surface area contributed by atoms with Gasteiger partial charge in [0.1, 0.15) is 17.6 Å². The highest BCUT2D eigenvalue weighted by Crippen LogP contribution is 2.40. The molecule has 3 fully saturated rings. The minimum atomic E-state index is -3.86. The molecule has 0 amide bonds. The maximum Gasteiger partial charge on any atom is 0.283 e. The number of hydrogen-bond donors (Lipinski definition) is 0. The Hall–Kier alpha value is -2.18. The number of amidine groups is 2. The second kappa shape index (κ2) is 10.4. The summed E-state index contributed by atoms with van der Waals surface area (Å²) in [5, 5.41) is 0.636. The van der Waals surface area contributed by atoms with Gasteiger partial charge in [0.15, 0.2) is 0 Å². The smallest absolute Gasteiger partial charge is 0.283 e. The number of aliphatic imine (C=N–C) groups is 1. The molecule has 186 valence electrons. The molecule has 5 nitrogen and oxygen atoms in total. The zero-order chi connectivity index (χ0) is 24.4. The molecule has 0 radical (unpaired) electrons. The molecule has 7 heteroatoms. The van der Waals surface area contributed by atoms with E-state index in [2.05, 4.69) is 9.30 Å². The molecule has 1 unspecified atom stereocenters. The van der Waals surface area contributed by atoms with Crippen molar-refractivity contribution >= 4 is 33.3 Å². The molecule has 0 N–H and O–H groups in total. The normalized spacial score (nSPS) is 24.6. The molecule has 2 aromatic rings. The number of likely N-dealkylation sites (tertiary alicyclic amines) is 1. The first-order chi connectivity index (χ1) is 16.9. The van der Waals surface area contributed by atoms with Crippen LogP contribution < -0.4 is 0 Å². The topological polar surface area (TPSA) is 62.1 Å². The molecule has 3 aliphatic rings. The van der Waals surface area contributed by atoms with Crippen LogP contribution in [-0.4, -0.2) is 37.1 Å². The molecule has 35 heavy (non-hydrogen) atoms. The van der Waals surface area contributed by atoms with Gasteiger partial charge in [0, 0.05) is 11.1 Å². The van der Waals surface area contributed by atoms with E-state index in [0.29, 0.717) is 16.9 Å². The van der Waals surface area contributed by atoms with Crippen LogP contribution in [0.25, 0.3) is 0 Å². The summed E-state index contributed by atoms with van der Waals surface area (Å²) < 4.78 is 31.4. The minimum Gasteiger partial charge on any atom is -0.313 e. The first-order valence-electron chi connectivity index (χ1n) is 13.0. The lowest BCUT2D eigenvalue weighted by Gasteiger charge is -2.49. The Morgan fingerprint density at radius 1 is 0.857 bits per heavy atom. The van der Waals surface area contributed by atoms with Crippen LogP contribution in [0.15, 0.2) is 62.8 Å². The second-order valence-corrected chi connectivity index (χ2v) is 12.2. The third-order valence-electron chi connectivity index (χ3n) is 7.55. The highest BCUT2D eigenvalue weighted by molar-refractivity contribution is 7.90. The Balaban J connectivity index is 1.61. The Labute approximate surface area is 214 Å². The number of hydrogen-bond acceptors (Lipinski definition) is 3. The van der Waals surface area contributed by atoms with Crippen molar-refractivity contribution in [2.45, 2.75) is 94.0 Å². The summed E-state index contributed by atoms with van der Waals surface area (Å²) >= 11 is 6.37. The molecule has 1 atom stereocenters. The van der Waals surface area contributed by atoms with E-state index in [0.717, 1.165) is 55.5 Å². The van der Waals surface area contributed by atoms with Gasteiger partial charge in [-0.05, 0) is 62.4 Å². The molecular weight excluding hydrogens is 478 g/mol. The highest BCUT2D eigenvalue weighted by Gasteiger charge is 2.48. The van der Waals surface area contributed by atoms with E-state index < -0.39 is 10.0 Å². The van der Waals surface area contributed by atoms with Crippen LogP contribution in [0, 0.1) is 6.92 Å². The van der Waals surface area contributed by atoms with Crippen LogP contribution in [0.1, 0.15) is 81.3 Å². The van der Waals surface area contributed by atoms with Crippen LogP contribution in [-0.2, 0) is 10.0 Å². The van der Waals surface area contributed by atoms with Gasteiger partial charge in [-0.2, -0.15) is 8.42 Å². The number of halogens is 1. The fraction of sp³-hybridized carbons (Fsp3) is 0.500. The summed E-state index contributed by atoms with van der Waals surface area (Å²) in [6.07, 6.45) is 11.5. The number of benzene rings is 2. The number of nitrogens with zero attached hydrogens (tertiary/aromatic N) is 3. The summed E-state index contributed by atoms with van der Waals surface area (Å²) in [6.45, 7) is 1.95. The minimum absolute atomic E-state index is 0.224. The standard InChI is InChI=1S/C28H34ClN3O2S/c1-20-15-17-25(18-16-20)35(33,34)31-28-26(21-9-8-10-22(29)19-21)27(30-23-11-4-2-5-12-23)32(28)24-13-6-3-7-14-24/h8-10,15-19,23-24,26H,2-7,11-14H2,1H3/b30-27?,31-28-. The molecule has 1 heterocycles. The lowest BCUT2D eigenvalue weighted by molar-refractivity contribution is 0.293. The largest absolute Gasteiger partial charge is 0.313 e. The predicted octanol–water partition coefficient (Wildman–Crippen LogP) is 6.90. The Bertz CT molecular complexity index is 1210. The van der Waals surface area contributed by atoms with Gasteiger partial charge in [-0.15, -0.1) is 4.40 Å². The van der Waals surface area contributed by atoms with Gasteiger partial charge < -0.3 is 4.90 Å². The van der Waals surface area contributed by atoms with Crippen molar-refractivity contribution in [1.29, 1.82) is 0 Å². The number of aryl methyl sites for hydroxylation is 1. The first kappa shape index (κ1) is 24.5. The van der Waals surface area contributed by atoms with Crippen molar-refractivity contribution in [3.8, 4) is 0 Å². The lowest BCUT2D eigenvalue weighted by Crippen LogP contribution is -2.61. The van der Waals surface area contributed by atoms with Gasteiger partial charge in [-0.1, -0.05) is 80.0 Å². The van der Waals surface area contributed by atoms with Crippen LogP contribution in [0.4, 0.5) is 0 Å². The third kappa shape index (κ3) is 5.34. The molecule has 1 saturated heterocycles. The fourth-order valence-corrected chi connectivity index (χ4v) is 6.88. The summed E-state index contributed by atoms with van der Waals surface area (Å²) in [6, 6.07) is 15.2. The molecular formula is C28H34ClN3O2S. The van der Waals surface area contributed by atoms with Gasteiger partial charge in [0.2, 0.25) is 0 Å². The van der Waals surface area contributed by atoms with E-state index in [9.17, 15) is 8.42 Å². The zero-order valence-corrected chi connectivity index (χ0v) is 21.9. The molecule has 5 rings (SSSR count). The van der Waals surface area contributed by atoms with Crippen LogP contribution >= 0.6 is 11.6 Å². The predicted molar refractivity (Wildman–Crippen MR) is 143 cm³/mol. The van der Waals surface area contributed by atoms with E-state index in [1.54, 1.807) is 12.1 Å². The Morgan fingerprint density at radius 3 is 2.17 bits per heavy atom. The monoisotopic (exact) mass is 511 g/mol. The van der Waals surface area contributed by atoms with E-state index in [1.807, 2.05) is 43.3 Å². The lowest BCUT2D eigenvalue weighted by atomic mass is 9.82. The van der Waals surface area contributed by atoms with E-state index in [4.69, 9.17) is 16.6 Å². The van der Waals surface area contributed by atoms with E-state index in [1.165, 1.54) is 25.7 Å². The van der Waals surface area contributed by atoms with Gasteiger partial charge in [0.05, 0.1) is 10.9 Å². The van der Waals surface area contributed by atoms with Crippen LogP contribution in [0.2, 0.25) is 5.02 Å². The SMILES string of the molecule is Cc1ccc(S(=O)(=O)/N=C2/C(c3cccc(Cl)c3)C(=NC3CCCCC3)N2C2CCCCC2)cc1. The zero-order valence-electron chi connectivity index (χ0n) is 20.4. The van der Waals surface area contributed by atoms with Gasteiger partial charge >= 0.3 is 0 Å². The molecule has 0 bridgehead atoms. The van der Waals surface area contributed by atoms with Crippen molar-refractivity contribution < 1.29 is 8.42 Å². The molecule has 1 aliphatic heterocycles. The average Bonchev–Trinajstić information content (AvgIpc) is 2.85. The van der Waals surface area contributed by atoms with Gasteiger partial charge in [-0.3, -0.25) is 4.99 Å². The summed E-state index contributed by atoms with van der Waals surface area (Å²) in [7, 11) is -3.86. The van der Waals surface area contributed by atoms with Crippen LogP contribution in [0.5, 0.6) is 0 Å². The quantitative estimate of drug-likeness (QED) is 0.438. The highest BCUT2D eigenvalue weighted by atomic mass is 35.5. The van der Waals surface area contributed by atoms with Crippen molar-refractivity contribution in [2.24, 2.45) is 9.39 Å². The Kier molecular flexibility index (Phi) is 7.31. The maximum atomic E-state index is 13.4. The van der Waals surface area contributed by atoms with Gasteiger partial charge in [0.25, 0.3) is 10.0 Å². The molecule has 2 aromatic carbocycles. The van der Waals surface area contributed by atoms with E-state index in [-0.39, 0.29) is 16.9 Å². The summed E-state index contributed by atoms with van der Waals surface area (Å²) in [4.78, 5) is 7.67. The van der Waals surface area contributed by atoms with Crippen molar-refractivity contribution in [1.82, 2.24) is 4.90 Å². The van der Waals surface area contributed by atoms with Crippen molar-refractivity contribution in [3.05, 3.63) is 64.7 Å². The summed E-state index contributed by atoms with van der Waals surface area (Å²) in [5.74, 6) is 1.29. The number of sulfonamides is 1. The molecule has 2 aliphatic carbocycles. The van der Waals surface area contributed by atoms with Crippen molar-refractivity contribution in [3.63, 3.8) is 0 Å².